The minimum absolute atomic E-state index is 0.241. The van der Waals surface area contributed by atoms with E-state index >= 15 is 0 Å². The molecule has 0 aromatic rings. The first-order chi connectivity index (χ1) is 5.20. The van der Waals surface area contributed by atoms with Gasteiger partial charge in [0, 0.05) is 8.80 Å². The van der Waals surface area contributed by atoms with Crippen molar-refractivity contribution in [2.45, 2.75) is 38.4 Å². The highest BCUT2D eigenvalue weighted by Crippen LogP contribution is 2.26. The summed E-state index contributed by atoms with van der Waals surface area (Å²) in [5.74, 6) is 0. The fourth-order valence-electron chi connectivity index (χ4n) is 1.39. The highest BCUT2D eigenvalue weighted by molar-refractivity contribution is 7.55. The molecule has 0 aliphatic rings. The van der Waals surface area contributed by atoms with Crippen molar-refractivity contribution in [1.82, 2.24) is 0 Å². The molecule has 0 fully saturated rings. The van der Waals surface area contributed by atoms with Gasteiger partial charge in [-0.2, -0.15) is 0 Å². The molecule has 0 nitrogen and oxygen atoms in total. The molecule has 0 radical (unpaired) electrons. The van der Waals surface area contributed by atoms with Gasteiger partial charge in [0.25, 0.3) is 0 Å². The lowest BCUT2D eigenvalue weighted by atomic mass is 10.6. The smallest absolute Gasteiger partial charge is 0.0362 e. The van der Waals surface area contributed by atoms with Gasteiger partial charge in [-0.1, -0.05) is 38.4 Å². The molecule has 0 saturated carbocycles. The Bertz CT molecular complexity index is 79.6. The maximum absolute atomic E-state index is 2.39. The molecule has 0 saturated heterocycles. The summed E-state index contributed by atoms with van der Waals surface area (Å²) < 4.78 is 0. The van der Waals surface area contributed by atoms with Gasteiger partial charge in [0.15, 0.2) is 0 Å². The predicted octanol–water partition coefficient (Wildman–Crippen LogP) is 3.38. The maximum Gasteiger partial charge on any atom is 0.0362 e. The van der Waals surface area contributed by atoms with Crippen LogP contribution in [0.5, 0.6) is 0 Å². The van der Waals surface area contributed by atoms with Crippen LogP contribution < -0.4 is 0 Å². The zero-order valence-corrected chi connectivity index (χ0v) is 10.6. The lowest BCUT2D eigenvalue weighted by Gasteiger charge is -2.11. The van der Waals surface area contributed by atoms with E-state index in [1.807, 2.05) is 0 Å². The summed E-state index contributed by atoms with van der Waals surface area (Å²) in [5.41, 5.74) is 0. The van der Waals surface area contributed by atoms with E-state index in [0.717, 1.165) is 0 Å². The van der Waals surface area contributed by atoms with Crippen LogP contribution in [0.15, 0.2) is 0 Å². The Hall–Kier alpha value is 0.647. The molecule has 0 heterocycles. The van der Waals surface area contributed by atoms with Gasteiger partial charge in [-0.05, 0) is 19.5 Å². The molecular weight excluding hydrogens is 167 g/mol. The Morgan fingerprint density at radius 1 is 1.09 bits per heavy atom. The van der Waals surface area contributed by atoms with Crippen LogP contribution >= 0.6 is 7.92 Å². The summed E-state index contributed by atoms with van der Waals surface area (Å²) in [7, 11) is 0.140. The first kappa shape index (κ1) is 11.6. The number of hydrogen-bond acceptors (Lipinski definition) is 0. The second kappa shape index (κ2) is 7.30. The quantitative estimate of drug-likeness (QED) is 0.445. The van der Waals surface area contributed by atoms with Crippen LogP contribution in [0.3, 0.4) is 0 Å². The van der Waals surface area contributed by atoms with Crippen LogP contribution in [0.4, 0.5) is 0 Å². The normalized spacial score (nSPS) is 11.5. The van der Waals surface area contributed by atoms with Gasteiger partial charge in [-0.15, -0.1) is 7.92 Å². The molecule has 0 spiro atoms. The molecule has 2 heteroatoms. The molecule has 0 aliphatic heterocycles. The van der Waals surface area contributed by atoms with Gasteiger partial charge < -0.3 is 0 Å². The van der Waals surface area contributed by atoms with Crippen molar-refractivity contribution < 1.29 is 0 Å². The average Bonchev–Trinajstić information content (AvgIpc) is 1.98. The first-order valence-electron chi connectivity index (χ1n) is 4.85. The summed E-state index contributed by atoms with van der Waals surface area (Å²) in [6.45, 7) is 9.54. The van der Waals surface area contributed by atoms with Crippen molar-refractivity contribution >= 4 is 16.7 Å². The molecule has 0 atom stereocenters. The van der Waals surface area contributed by atoms with Crippen molar-refractivity contribution in [3.63, 3.8) is 0 Å². The zero-order chi connectivity index (χ0) is 8.69. The second-order valence-corrected chi connectivity index (χ2v) is 10.2. The average molecular weight is 190 g/mol. The molecule has 0 aromatic heterocycles. The summed E-state index contributed by atoms with van der Waals surface area (Å²) in [6, 6.07) is 4.64. The van der Waals surface area contributed by atoms with Crippen LogP contribution in [-0.4, -0.2) is 28.3 Å². The van der Waals surface area contributed by atoms with Gasteiger partial charge in [0.2, 0.25) is 0 Å². The lowest BCUT2D eigenvalue weighted by Crippen LogP contribution is -2.08. The Kier molecular flexibility index (Phi) is 7.73. The SMILES string of the molecule is CC[SiH](CC)CCCP(C)C. The molecular formula is C9H23PSi. The van der Waals surface area contributed by atoms with Crippen LogP contribution in [0.25, 0.3) is 0 Å². The Balaban J connectivity index is 3.21. The minimum atomic E-state index is -0.241. The zero-order valence-electron chi connectivity index (χ0n) is 8.56. The van der Waals surface area contributed by atoms with E-state index in [2.05, 4.69) is 27.2 Å². The summed E-state index contributed by atoms with van der Waals surface area (Å²) in [4.78, 5) is 0. The van der Waals surface area contributed by atoms with Crippen LogP contribution in [0.1, 0.15) is 20.3 Å². The topological polar surface area (TPSA) is 0 Å². The highest BCUT2D eigenvalue weighted by atomic mass is 31.1. The fourth-order valence-corrected chi connectivity index (χ4v) is 4.73. The molecule has 0 aliphatic carbocycles. The lowest BCUT2D eigenvalue weighted by molar-refractivity contribution is 1.05. The summed E-state index contributed by atoms with van der Waals surface area (Å²) in [6.07, 6.45) is 3.04. The van der Waals surface area contributed by atoms with Gasteiger partial charge in [-0.3, -0.25) is 0 Å². The number of rotatable bonds is 6. The summed E-state index contributed by atoms with van der Waals surface area (Å²) >= 11 is 0. The Morgan fingerprint density at radius 3 is 2.00 bits per heavy atom. The minimum Gasteiger partial charge on any atom is -0.113 e. The molecule has 0 aromatic carbocycles. The van der Waals surface area contributed by atoms with Gasteiger partial charge in [0.1, 0.15) is 0 Å². The molecule has 0 amide bonds. The first-order valence-corrected chi connectivity index (χ1v) is 9.72. The van der Waals surface area contributed by atoms with Crippen LogP contribution in [-0.2, 0) is 0 Å². The Morgan fingerprint density at radius 2 is 1.64 bits per heavy atom. The molecule has 68 valence electrons. The van der Waals surface area contributed by atoms with Crippen molar-refractivity contribution in [3.05, 3.63) is 0 Å². The van der Waals surface area contributed by atoms with Crippen molar-refractivity contribution in [3.8, 4) is 0 Å². The van der Waals surface area contributed by atoms with E-state index in [4.69, 9.17) is 0 Å². The standard InChI is InChI=1S/C9H23PSi/c1-5-11(6-2)9-7-8-10(3)4/h11H,5-9H2,1-4H3. The molecule has 0 rings (SSSR count). The van der Waals surface area contributed by atoms with Gasteiger partial charge in [0.05, 0.1) is 0 Å². The van der Waals surface area contributed by atoms with Gasteiger partial charge >= 0.3 is 0 Å². The van der Waals surface area contributed by atoms with Crippen LogP contribution in [0, 0.1) is 0 Å². The van der Waals surface area contributed by atoms with Gasteiger partial charge in [-0.25, -0.2) is 0 Å². The largest absolute Gasteiger partial charge is 0.113 e. The number of hydrogen-bond donors (Lipinski definition) is 0. The third kappa shape index (κ3) is 7.02. The second-order valence-electron chi connectivity index (χ2n) is 3.63. The third-order valence-corrected chi connectivity index (χ3v) is 7.12. The molecule has 0 bridgehead atoms. The highest BCUT2D eigenvalue weighted by Gasteiger charge is 2.04. The molecule has 11 heavy (non-hydrogen) atoms. The van der Waals surface area contributed by atoms with Crippen molar-refractivity contribution in [1.29, 1.82) is 0 Å². The third-order valence-electron chi connectivity index (χ3n) is 2.37. The van der Waals surface area contributed by atoms with Crippen molar-refractivity contribution in [2.75, 3.05) is 19.5 Å². The fraction of sp³-hybridized carbons (Fsp3) is 1.00. The van der Waals surface area contributed by atoms with Crippen molar-refractivity contribution in [2.24, 2.45) is 0 Å². The van der Waals surface area contributed by atoms with E-state index in [-0.39, 0.29) is 8.80 Å². The van der Waals surface area contributed by atoms with E-state index in [0.29, 0.717) is 7.92 Å². The molecule has 0 N–H and O–H groups in total. The van der Waals surface area contributed by atoms with E-state index in [1.54, 1.807) is 6.04 Å². The summed E-state index contributed by atoms with van der Waals surface area (Å²) in [5, 5.41) is 0. The van der Waals surface area contributed by atoms with E-state index in [1.165, 1.54) is 24.7 Å². The van der Waals surface area contributed by atoms with Crippen LogP contribution in [0.2, 0.25) is 18.1 Å². The van der Waals surface area contributed by atoms with E-state index in [9.17, 15) is 0 Å². The maximum atomic E-state index is 2.39. The predicted molar refractivity (Wildman–Crippen MR) is 61.2 cm³/mol. The van der Waals surface area contributed by atoms with E-state index < -0.39 is 0 Å². The molecule has 0 unspecified atom stereocenters. The monoisotopic (exact) mass is 190 g/mol. The Labute approximate surface area is 75.1 Å².